The standard InChI is InChI=1S/C19H15ClN2OS2/c1-10(2)19-22-13-8-7-11(9-15(13)25-19)21-18(23)17-16(20)12-5-3-4-6-14(12)24-17/h3-10H,1-2H3,(H,21,23). The van der Waals surface area contributed by atoms with Gasteiger partial charge in [-0.05, 0) is 24.3 Å². The number of thiophene rings is 1. The monoisotopic (exact) mass is 386 g/mol. The Morgan fingerprint density at radius 3 is 2.68 bits per heavy atom. The second-order valence-corrected chi connectivity index (χ2v) is 8.58. The van der Waals surface area contributed by atoms with E-state index in [4.69, 9.17) is 11.6 Å². The molecule has 4 aromatic rings. The lowest BCUT2D eigenvalue weighted by Gasteiger charge is -2.03. The van der Waals surface area contributed by atoms with Crippen molar-refractivity contribution in [3.63, 3.8) is 0 Å². The molecule has 2 aromatic carbocycles. The highest BCUT2D eigenvalue weighted by Gasteiger charge is 2.17. The van der Waals surface area contributed by atoms with Crippen LogP contribution >= 0.6 is 34.3 Å². The highest BCUT2D eigenvalue weighted by molar-refractivity contribution is 7.21. The van der Waals surface area contributed by atoms with E-state index in [9.17, 15) is 4.79 Å². The summed E-state index contributed by atoms with van der Waals surface area (Å²) >= 11 is 9.47. The summed E-state index contributed by atoms with van der Waals surface area (Å²) in [5.41, 5.74) is 1.72. The van der Waals surface area contributed by atoms with Gasteiger partial charge >= 0.3 is 0 Å². The molecule has 0 atom stereocenters. The minimum atomic E-state index is -0.181. The van der Waals surface area contributed by atoms with Crippen molar-refractivity contribution >= 4 is 66.2 Å². The number of benzene rings is 2. The van der Waals surface area contributed by atoms with Gasteiger partial charge in [-0.1, -0.05) is 43.6 Å². The van der Waals surface area contributed by atoms with Gasteiger partial charge in [-0.3, -0.25) is 4.79 Å². The minimum Gasteiger partial charge on any atom is -0.321 e. The number of rotatable bonds is 3. The zero-order valence-electron chi connectivity index (χ0n) is 13.7. The minimum absolute atomic E-state index is 0.181. The van der Waals surface area contributed by atoms with Gasteiger partial charge in [0.25, 0.3) is 5.91 Å². The van der Waals surface area contributed by atoms with Gasteiger partial charge in [0.1, 0.15) is 4.88 Å². The summed E-state index contributed by atoms with van der Waals surface area (Å²) in [4.78, 5) is 17.8. The van der Waals surface area contributed by atoms with Gasteiger partial charge in [0.05, 0.1) is 20.2 Å². The number of fused-ring (bicyclic) bond motifs is 2. The van der Waals surface area contributed by atoms with Crippen molar-refractivity contribution in [1.82, 2.24) is 4.98 Å². The molecule has 0 bridgehead atoms. The van der Waals surface area contributed by atoms with Gasteiger partial charge < -0.3 is 5.32 Å². The number of halogens is 1. The summed E-state index contributed by atoms with van der Waals surface area (Å²) in [7, 11) is 0. The molecule has 0 unspecified atom stereocenters. The van der Waals surface area contributed by atoms with Crippen molar-refractivity contribution < 1.29 is 4.79 Å². The number of thiazole rings is 1. The number of carbonyl (C=O) groups is 1. The van der Waals surface area contributed by atoms with E-state index in [2.05, 4.69) is 24.1 Å². The summed E-state index contributed by atoms with van der Waals surface area (Å²) < 4.78 is 2.08. The van der Waals surface area contributed by atoms with Gasteiger partial charge in [0.15, 0.2) is 0 Å². The Hall–Kier alpha value is -1.95. The van der Waals surface area contributed by atoms with Crippen LogP contribution in [0, 0.1) is 0 Å². The molecule has 0 aliphatic rings. The number of anilines is 1. The van der Waals surface area contributed by atoms with E-state index in [0.29, 0.717) is 15.8 Å². The predicted octanol–water partition coefficient (Wildman–Crippen LogP) is 6.54. The van der Waals surface area contributed by atoms with Gasteiger partial charge in [-0.25, -0.2) is 4.98 Å². The topological polar surface area (TPSA) is 42.0 Å². The first-order valence-corrected chi connectivity index (χ1v) is 9.93. The van der Waals surface area contributed by atoms with Crippen LogP contribution in [0.3, 0.4) is 0 Å². The third-order valence-corrected chi connectivity index (χ3v) is 6.89. The van der Waals surface area contributed by atoms with E-state index in [1.807, 2.05) is 42.5 Å². The molecular formula is C19H15ClN2OS2. The van der Waals surface area contributed by atoms with Crippen LogP contribution in [0.15, 0.2) is 42.5 Å². The summed E-state index contributed by atoms with van der Waals surface area (Å²) in [6.07, 6.45) is 0. The fourth-order valence-corrected chi connectivity index (χ4v) is 5.04. The van der Waals surface area contributed by atoms with Gasteiger partial charge in [0, 0.05) is 21.7 Å². The second-order valence-electron chi connectivity index (χ2n) is 6.08. The molecular weight excluding hydrogens is 372 g/mol. The van der Waals surface area contributed by atoms with Crippen LogP contribution in [-0.4, -0.2) is 10.9 Å². The third kappa shape index (κ3) is 3.03. The van der Waals surface area contributed by atoms with E-state index < -0.39 is 0 Å². The first-order chi connectivity index (χ1) is 12.0. The van der Waals surface area contributed by atoms with E-state index >= 15 is 0 Å². The lowest BCUT2D eigenvalue weighted by molar-refractivity contribution is 0.103. The second kappa shape index (κ2) is 6.41. The molecule has 0 saturated carbocycles. The van der Waals surface area contributed by atoms with Crippen LogP contribution in [0.4, 0.5) is 5.69 Å². The van der Waals surface area contributed by atoms with Crippen LogP contribution in [0.2, 0.25) is 5.02 Å². The van der Waals surface area contributed by atoms with Crippen LogP contribution in [-0.2, 0) is 0 Å². The molecule has 0 aliphatic heterocycles. The molecule has 25 heavy (non-hydrogen) atoms. The molecule has 3 nitrogen and oxygen atoms in total. The molecule has 126 valence electrons. The van der Waals surface area contributed by atoms with Crippen molar-refractivity contribution in [2.24, 2.45) is 0 Å². The molecule has 2 aromatic heterocycles. The van der Waals surface area contributed by atoms with Crippen LogP contribution in [0.5, 0.6) is 0 Å². The average Bonchev–Trinajstić information content (AvgIpc) is 3.16. The number of aromatic nitrogens is 1. The maximum Gasteiger partial charge on any atom is 0.267 e. The number of nitrogens with zero attached hydrogens (tertiary/aromatic N) is 1. The first-order valence-electron chi connectivity index (χ1n) is 7.92. The van der Waals surface area contributed by atoms with Crippen molar-refractivity contribution in [2.75, 3.05) is 5.32 Å². The number of hydrogen-bond acceptors (Lipinski definition) is 4. The number of hydrogen-bond donors (Lipinski definition) is 1. The molecule has 4 rings (SSSR count). The fraction of sp³-hybridized carbons (Fsp3) is 0.158. The van der Waals surface area contributed by atoms with Crippen molar-refractivity contribution in [1.29, 1.82) is 0 Å². The Morgan fingerprint density at radius 1 is 1.12 bits per heavy atom. The Bertz CT molecular complexity index is 1100. The first kappa shape index (κ1) is 16.5. The number of amides is 1. The van der Waals surface area contributed by atoms with Crippen molar-refractivity contribution in [2.45, 2.75) is 19.8 Å². The molecule has 0 aliphatic carbocycles. The maximum absolute atomic E-state index is 12.7. The molecule has 2 heterocycles. The maximum atomic E-state index is 12.7. The molecule has 1 amide bonds. The van der Waals surface area contributed by atoms with Gasteiger partial charge in [0.2, 0.25) is 0 Å². The van der Waals surface area contributed by atoms with Gasteiger partial charge in [-0.2, -0.15) is 0 Å². The Labute approximate surface area is 158 Å². The lowest BCUT2D eigenvalue weighted by Crippen LogP contribution is -2.10. The largest absolute Gasteiger partial charge is 0.321 e. The molecule has 6 heteroatoms. The molecule has 1 N–H and O–H groups in total. The van der Waals surface area contributed by atoms with E-state index in [-0.39, 0.29) is 5.91 Å². The van der Waals surface area contributed by atoms with E-state index in [1.165, 1.54) is 11.3 Å². The summed E-state index contributed by atoms with van der Waals surface area (Å²) in [5.74, 6) is 0.215. The highest BCUT2D eigenvalue weighted by Crippen LogP contribution is 2.36. The SMILES string of the molecule is CC(C)c1nc2ccc(NC(=O)c3sc4ccccc4c3Cl)cc2s1. The Balaban J connectivity index is 1.65. The van der Waals surface area contributed by atoms with E-state index in [0.717, 1.165) is 31.0 Å². The highest BCUT2D eigenvalue weighted by atomic mass is 35.5. The van der Waals surface area contributed by atoms with Crippen LogP contribution in [0.25, 0.3) is 20.3 Å². The van der Waals surface area contributed by atoms with Crippen molar-refractivity contribution in [3.8, 4) is 0 Å². The summed E-state index contributed by atoms with van der Waals surface area (Å²) in [6, 6.07) is 13.6. The van der Waals surface area contributed by atoms with E-state index in [1.54, 1.807) is 11.3 Å². The smallest absolute Gasteiger partial charge is 0.267 e. The zero-order chi connectivity index (χ0) is 17.6. The number of nitrogens with one attached hydrogen (secondary N) is 1. The Kier molecular flexibility index (Phi) is 4.23. The molecule has 0 fully saturated rings. The Morgan fingerprint density at radius 2 is 1.92 bits per heavy atom. The van der Waals surface area contributed by atoms with Gasteiger partial charge in [-0.15, -0.1) is 22.7 Å². The molecule has 0 radical (unpaired) electrons. The normalized spacial score (nSPS) is 11.5. The lowest BCUT2D eigenvalue weighted by atomic mass is 10.2. The predicted molar refractivity (Wildman–Crippen MR) is 108 cm³/mol. The van der Waals surface area contributed by atoms with Crippen LogP contribution < -0.4 is 5.32 Å². The molecule has 0 saturated heterocycles. The summed E-state index contributed by atoms with van der Waals surface area (Å²) in [6.45, 7) is 4.26. The van der Waals surface area contributed by atoms with Crippen molar-refractivity contribution in [3.05, 3.63) is 57.4 Å². The summed E-state index contributed by atoms with van der Waals surface area (Å²) in [5, 5.41) is 5.49. The van der Waals surface area contributed by atoms with Crippen LogP contribution in [0.1, 0.15) is 34.4 Å². The molecule has 0 spiro atoms. The number of carbonyl (C=O) groups excluding carboxylic acids is 1. The average molecular weight is 387 g/mol. The quantitative estimate of drug-likeness (QED) is 0.434. The third-order valence-electron chi connectivity index (χ3n) is 3.90. The fourth-order valence-electron chi connectivity index (χ4n) is 2.62. The zero-order valence-corrected chi connectivity index (χ0v) is 16.1.